The van der Waals surface area contributed by atoms with Crippen molar-refractivity contribution in [3.8, 4) is 0 Å². The monoisotopic (exact) mass is 244 g/mol. The first-order valence-corrected chi connectivity index (χ1v) is 6.81. The molecule has 3 heteroatoms. The Morgan fingerprint density at radius 1 is 1.28 bits per heavy atom. The van der Waals surface area contributed by atoms with E-state index in [4.69, 9.17) is 0 Å². The largest absolute Gasteiger partial charge is 0.319 e. The fourth-order valence-electron chi connectivity index (χ4n) is 2.87. The molecule has 3 unspecified atom stereocenters. The van der Waals surface area contributed by atoms with Crippen LogP contribution in [0, 0.1) is 5.92 Å². The standard InChI is InChI=1S/C15H20N2O/c1-10-15(18)17(11(2)12-8-9-12)14(16-10)13-6-4-3-5-7-13/h3-7,10-12,14,16H,8-9H2,1-2H3. The van der Waals surface area contributed by atoms with Crippen molar-refractivity contribution in [1.29, 1.82) is 0 Å². The summed E-state index contributed by atoms with van der Waals surface area (Å²) in [6.07, 6.45) is 2.58. The molecule has 0 radical (unpaired) electrons. The number of hydrogen-bond acceptors (Lipinski definition) is 2. The summed E-state index contributed by atoms with van der Waals surface area (Å²) in [5.74, 6) is 0.940. The smallest absolute Gasteiger partial charge is 0.241 e. The number of hydrogen-bond donors (Lipinski definition) is 1. The normalized spacial score (nSPS) is 29.7. The van der Waals surface area contributed by atoms with E-state index in [1.807, 2.05) is 25.1 Å². The number of nitrogens with zero attached hydrogens (tertiary/aromatic N) is 1. The minimum atomic E-state index is -0.0728. The molecule has 1 aliphatic carbocycles. The van der Waals surface area contributed by atoms with Gasteiger partial charge in [-0.1, -0.05) is 30.3 Å². The quantitative estimate of drug-likeness (QED) is 0.885. The molecule has 3 nitrogen and oxygen atoms in total. The van der Waals surface area contributed by atoms with Crippen LogP contribution in [0.15, 0.2) is 30.3 Å². The van der Waals surface area contributed by atoms with Crippen molar-refractivity contribution in [2.75, 3.05) is 0 Å². The fraction of sp³-hybridized carbons (Fsp3) is 0.533. The van der Waals surface area contributed by atoms with Crippen LogP contribution in [0.4, 0.5) is 0 Å². The highest BCUT2D eigenvalue weighted by Gasteiger charge is 2.44. The van der Waals surface area contributed by atoms with Crippen molar-refractivity contribution >= 4 is 5.91 Å². The van der Waals surface area contributed by atoms with Crippen LogP contribution in [0.3, 0.4) is 0 Å². The summed E-state index contributed by atoms with van der Waals surface area (Å²) in [5, 5.41) is 3.41. The third-order valence-corrected chi connectivity index (χ3v) is 4.17. The Morgan fingerprint density at radius 2 is 1.94 bits per heavy atom. The van der Waals surface area contributed by atoms with Crippen LogP contribution in [-0.4, -0.2) is 22.9 Å². The van der Waals surface area contributed by atoms with E-state index in [2.05, 4.69) is 29.3 Å². The van der Waals surface area contributed by atoms with E-state index in [1.54, 1.807) is 0 Å². The summed E-state index contributed by atoms with van der Waals surface area (Å²) in [7, 11) is 0. The van der Waals surface area contributed by atoms with Gasteiger partial charge in [-0.05, 0) is 38.2 Å². The third kappa shape index (κ3) is 1.93. The third-order valence-electron chi connectivity index (χ3n) is 4.17. The predicted molar refractivity (Wildman–Crippen MR) is 70.8 cm³/mol. The molecule has 1 aromatic carbocycles. The van der Waals surface area contributed by atoms with Crippen LogP contribution in [0.1, 0.15) is 38.4 Å². The van der Waals surface area contributed by atoms with Crippen LogP contribution in [-0.2, 0) is 4.79 Å². The average Bonchev–Trinajstić information content (AvgIpc) is 3.18. The van der Waals surface area contributed by atoms with Gasteiger partial charge in [-0.25, -0.2) is 0 Å². The number of benzene rings is 1. The molecule has 2 fully saturated rings. The number of carbonyl (C=O) groups is 1. The lowest BCUT2D eigenvalue weighted by atomic mass is 10.1. The molecule has 0 bridgehead atoms. The summed E-state index contributed by atoms with van der Waals surface area (Å²) in [5.41, 5.74) is 1.18. The van der Waals surface area contributed by atoms with Crippen molar-refractivity contribution in [1.82, 2.24) is 10.2 Å². The highest BCUT2D eigenvalue weighted by atomic mass is 16.2. The van der Waals surface area contributed by atoms with E-state index in [0.29, 0.717) is 12.0 Å². The molecule has 1 amide bonds. The van der Waals surface area contributed by atoms with Gasteiger partial charge in [-0.15, -0.1) is 0 Å². The van der Waals surface area contributed by atoms with Gasteiger partial charge in [0.25, 0.3) is 0 Å². The highest BCUT2D eigenvalue weighted by Crippen LogP contribution is 2.39. The molecule has 1 saturated carbocycles. The second-order valence-electron chi connectivity index (χ2n) is 5.53. The molecule has 96 valence electrons. The Balaban J connectivity index is 1.89. The van der Waals surface area contributed by atoms with E-state index in [1.165, 1.54) is 18.4 Å². The van der Waals surface area contributed by atoms with Gasteiger partial charge in [0.1, 0.15) is 6.17 Å². The van der Waals surface area contributed by atoms with Gasteiger partial charge in [0.15, 0.2) is 0 Å². The fourth-order valence-corrected chi connectivity index (χ4v) is 2.87. The van der Waals surface area contributed by atoms with E-state index in [0.717, 1.165) is 0 Å². The number of amides is 1. The first-order chi connectivity index (χ1) is 8.68. The Hall–Kier alpha value is -1.35. The van der Waals surface area contributed by atoms with Gasteiger partial charge in [0.05, 0.1) is 6.04 Å². The van der Waals surface area contributed by atoms with Crippen LogP contribution < -0.4 is 5.32 Å². The molecule has 3 rings (SSSR count). The van der Waals surface area contributed by atoms with Crippen LogP contribution in [0.5, 0.6) is 0 Å². The van der Waals surface area contributed by atoms with Crippen LogP contribution in [0.2, 0.25) is 0 Å². The SMILES string of the molecule is CC1NC(c2ccccc2)N(C(C)C2CC2)C1=O. The van der Waals surface area contributed by atoms with Crippen molar-refractivity contribution in [2.24, 2.45) is 5.92 Å². The molecule has 0 aromatic heterocycles. The molecule has 1 heterocycles. The summed E-state index contributed by atoms with van der Waals surface area (Å²) in [6, 6.07) is 10.5. The summed E-state index contributed by atoms with van der Waals surface area (Å²) < 4.78 is 0. The van der Waals surface area contributed by atoms with Gasteiger partial charge in [0, 0.05) is 6.04 Å². The maximum Gasteiger partial charge on any atom is 0.241 e. The van der Waals surface area contributed by atoms with Gasteiger partial charge < -0.3 is 4.90 Å². The maximum atomic E-state index is 12.3. The Labute approximate surface area is 108 Å². The zero-order valence-corrected chi connectivity index (χ0v) is 11.0. The summed E-state index contributed by atoms with van der Waals surface area (Å²) in [4.78, 5) is 14.4. The van der Waals surface area contributed by atoms with E-state index in [-0.39, 0.29) is 18.1 Å². The second kappa shape index (κ2) is 4.39. The minimum Gasteiger partial charge on any atom is -0.319 e. The van der Waals surface area contributed by atoms with Crippen LogP contribution >= 0.6 is 0 Å². The van der Waals surface area contributed by atoms with Crippen molar-refractivity contribution in [3.05, 3.63) is 35.9 Å². The molecule has 0 spiro atoms. The Bertz CT molecular complexity index is 441. The molecule has 1 aromatic rings. The molecular formula is C15H20N2O. The highest BCUT2D eigenvalue weighted by molar-refractivity contribution is 5.84. The van der Waals surface area contributed by atoms with Gasteiger partial charge in [-0.3, -0.25) is 10.1 Å². The molecule has 1 aliphatic heterocycles. The van der Waals surface area contributed by atoms with Gasteiger partial charge in [0.2, 0.25) is 5.91 Å². The number of carbonyl (C=O) groups excluding carboxylic acids is 1. The van der Waals surface area contributed by atoms with Crippen molar-refractivity contribution in [2.45, 2.75) is 44.9 Å². The minimum absolute atomic E-state index is 0.0456. The zero-order chi connectivity index (χ0) is 12.7. The van der Waals surface area contributed by atoms with Crippen LogP contribution in [0.25, 0.3) is 0 Å². The average molecular weight is 244 g/mol. The topological polar surface area (TPSA) is 32.3 Å². The number of nitrogens with one attached hydrogen (secondary N) is 1. The van der Waals surface area contributed by atoms with E-state index >= 15 is 0 Å². The van der Waals surface area contributed by atoms with Gasteiger partial charge in [-0.2, -0.15) is 0 Å². The number of rotatable bonds is 3. The first kappa shape index (κ1) is 11.7. The lowest BCUT2D eigenvalue weighted by Gasteiger charge is -2.30. The molecule has 3 atom stereocenters. The molecule has 1 saturated heterocycles. The zero-order valence-electron chi connectivity index (χ0n) is 11.0. The lowest BCUT2D eigenvalue weighted by Crippen LogP contribution is -2.39. The summed E-state index contributed by atoms with van der Waals surface area (Å²) >= 11 is 0. The second-order valence-corrected chi connectivity index (χ2v) is 5.53. The first-order valence-electron chi connectivity index (χ1n) is 6.81. The summed E-state index contributed by atoms with van der Waals surface area (Å²) in [6.45, 7) is 4.14. The van der Waals surface area contributed by atoms with E-state index < -0.39 is 0 Å². The molecule has 2 aliphatic rings. The molecule has 18 heavy (non-hydrogen) atoms. The Morgan fingerprint density at radius 3 is 2.56 bits per heavy atom. The van der Waals surface area contributed by atoms with E-state index in [9.17, 15) is 4.79 Å². The Kier molecular flexibility index (Phi) is 2.86. The maximum absolute atomic E-state index is 12.3. The predicted octanol–water partition coefficient (Wildman–Crippen LogP) is 2.30. The molecular weight excluding hydrogens is 224 g/mol. The van der Waals surface area contributed by atoms with Crippen molar-refractivity contribution < 1.29 is 4.79 Å². The van der Waals surface area contributed by atoms with Crippen molar-refractivity contribution in [3.63, 3.8) is 0 Å². The van der Waals surface area contributed by atoms with Gasteiger partial charge >= 0.3 is 0 Å². The molecule has 1 N–H and O–H groups in total. The lowest BCUT2D eigenvalue weighted by molar-refractivity contribution is -0.132.